The highest BCUT2D eigenvalue weighted by Crippen LogP contribution is 2.30. The molecule has 0 amide bonds. The summed E-state index contributed by atoms with van der Waals surface area (Å²) in [7, 11) is 0. The van der Waals surface area contributed by atoms with E-state index in [0.717, 1.165) is 23.5 Å². The molecule has 1 atom stereocenters. The van der Waals surface area contributed by atoms with Gasteiger partial charge in [-0.3, -0.25) is 0 Å². The van der Waals surface area contributed by atoms with E-state index in [4.69, 9.17) is 8.83 Å². The Bertz CT molecular complexity index is 490. The molecule has 0 bridgehead atoms. The summed E-state index contributed by atoms with van der Waals surface area (Å²) in [6.07, 6.45) is 0.908. The van der Waals surface area contributed by atoms with Crippen molar-refractivity contribution in [1.82, 2.24) is 10.2 Å². The van der Waals surface area contributed by atoms with E-state index in [-0.39, 0.29) is 4.83 Å². The number of halogens is 1. The first-order valence-electron chi connectivity index (χ1n) is 5.16. The topological polar surface area (TPSA) is 52.1 Å². The second-order valence-corrected chi connectivity index (χ2v) is 4.75. The van der Waals surface area contributed by atoms with Gasteiger partial charge in [-0.2, -0.15) is 0 Å². The van der Waals surface area contributed by atoms with Crippen molar-refractivity contribution in [1.29, 1.82) is 0 Å². The van der Waals surface area contributed by atoms with Crippen molar-refractivity contribution in [3.05, 3.63) is 23.5 Å². The lowest BCUT2D eigenvalue weighted by molar-refractivity contribution is 0.490. The zero-order chi connectivity index (χ0) is 11.7. The predicted molar refractivity (Wildman–Crippen MR) is 63.4 cm³/mol. The summed E-state index contributed by atoms with van der Waals surface area (Å²) in [6, 6.07) is 1.90. The molecule has 4 nitrogen and oxygen atoms in total. The molecule has 0 aliphatic rings. The van der Waals surface area contributed by atoms with E-state index in [0.29, 0.717) is 11.8 Å². The van der Waals surface area contributed by atoms with Crippen LogP contribution in [0.2, 0.25) is 0 Å². The second kappa shape index (κ2) is 4.41. The summed E-state index contributed by atoms with van der Waals surface area (Å²) < 4.78 is 11.0. The van der Waals surface area contributed by atoms with Crippen LogP contribution < -0.4 is 0 Å². The Morgan fingerprint density at radius 3 is 2.62 bits per heavy atom. The van der Waals surface area contributed by atoms with Crippen molar-refractivity contribution < 1.29 is 8.83 Å². The van der Waals surface area contributed by atoms with Crippen molar-refractivity contribution in [2.45, 2.75) is 32.0 Å². The van der Waals surface area contributed by atoms with Gasteiger partial charge in [-0.1, -0.05) is 22.9 Å². The molecule has 0 N–H and O–H groups in total. The van der Waals surface area contributed by atoms with Crippen LogP contribution in [0.4, 0.5) is 0 Å². The van der Waals surface area contributed by atoms with E-state index in [9.17, 15) is 0 Å². The van der Waals surface area contributed by atoms with Crippen molar-refractivity contribution in [2.75, 3.05) is 0 Å². The summed E-state index contributed by atoms with van der Waals surface area (Å²) in [6.45, 7) is 5.83. The van der Waals surface area contributed by atoms with E-state index in [1.807, 2.05) is 19.9 Å². The van der Waals surface area contributed by atoms with Crippen LogP contribution in [0.3, 0.4) is 0 Å². The van der Waals surface area contributed by atoms with Crippen molar-refractivity contribution in [2.24, 2.45) is 0 Å². The molecule has 2 heterocycles. The minimum Gasteiger partial charge on any atom is -0.466 e. The van der Waals surface area contributed by atoms with E-state index in [1.165, 1.54) is 0 Å². The van der Waals surface area contributed by atoms with Crippen LogP contribution in [-0.2, 0) is 0 Å². The number of furan rings is 1. The molecule has 2 rings (SSSR count). The molecular formula is C11H13BrN2O2. The summed E-state index contributed by atoms with van der Waals surface area (Å²) in [5, 5.41) is 8.03. The quantitative estimate of drug-likeness (QED) is 0.805. The normalized spacial score (nSPS) is 13.0. The lowest BCUT2D eigenvalue weighted by Gasteiger charge is -1.97. The lowest BCUT2D eigenvalue weighted by atomic mass is 10.2. The molecule has 2 aromatic rings. The summed E-state index contributed by atoms with van der Waals surface area (Å²) in [5.41, 5.74) is 0.868. The maximum absolute atomic E-state index is 5.59. The van der Waals surface area contributed by atoms with Crippen LogP contribution in [0.5, 0.6) is 0 Å². The smallest absolute Gasteiger partial charge is 0.251 e. The summed E-state index contributed by atoms with van der Waals surface area (Å²) in [5.74, 6) is 2.77. The predicted octanol–water partition coefficient (Wildman–Crippen LogP) is 3.79. The second-order valence-electron chi connectivity index (χ2n) is 3.65. The van der Waals surface area contributed by atoms with Crippen LogP contribution in [-0.4, -0.2) is 10.2 Å². The van der Waals surface area contributed by atoms with Gasteiger partial charge in [0.1, 0.15) is 11.5 Å². The number of rotatable bonds is 3. The van der Waals surface area contributed by atoms with Crippen LogP contribution in [0, 0.1) is 13.8 Å². The van der Waals surface area contributed by atoms with Crippen molar-refractivity contribution >= 4 is 15.9 Å². The largest absolute Gasteiger partial charge is 0.466 e. The fourth-order valence-corrected chi connectivity index (χ4v) is 1.67. The van der Waals surface area contributed by atoms with Crippen LogP contribution >= 0.6 is 15.9 Å². The van der Waals surface area contributed by atoms with Gasteiger partial charge in [0.05, 0.1) is 10.4 Å². The maximum Gasteiger partial charge on any atom is 0.251 e. The highest BCUT2D eigenvalue weighted by Gasteiger charge is 2.17. The Kier molecular flexibility index (Phi) is 3.14. The molecule has 5 heteroatoms. The van der Waals surface area contributed by atoms with E-state index in [1.54, 1.807) is 0 Å². The average Bonchev–Trinajstić information content (AvgIpc) is 2.83. The number of alkyl halides is 1. The monoisotopic (exact) mass is 284 g/mol. The van der Waals surface area contributed by atoms with Gasteiger partial charge in [0.2, 0.25) is 5.89 Å². The average molecular weight is 285 g/mol. The van der Waals surface area contributed by atoms with Gasteiger partial charge in [-0.15, -0.1) is 10.2 Å². The number of hydrogen-bond acceptors (Lipinski definition) is 4. The fraction of sp³-hybridized carbons (Fsp3) is 0.455. The SMILES string of the molecule is CCC(Br)c1nnc(-c2cc(C)oc2C)o1. The van der Waals surface area contributed by atoms with Gasteiger partial charge < -0.3 is 8.83 Å². The minimum atomic E-state index is 0.113. The zero-order valence-electron chi connectivity index (χ0n) is 9.45. The van der Waals surface area contributed by atoms with Crippen LogP contribution in [0.25, 0.3) is 11.5 Å². The summed E-state index contributed by atoms with van der Waals surface area (Å²) in [4.78, 5) is 0.113. The zero-order valence-corrected chi connectivity index (χ0v) is 11.0. The molecule has 16 heavy (non-hydrogen) atoms. The molecule has 0 aromatic carbocycles. The minimum absolute atomic E-state index is 0.113. The molecule has 0 fully saturated rings. The molecule has 0 aliphatic carbocycles. The molecule has 86 valence electrons. The van der Waals surface area contributed by atoms with E-state index < -0.39 is 0 Å². The lowest BCUT2D eigenvalue weighted by Crippen LogP contribution is -1.86. The van der Waals surface area contributed by atoms with Gasteiger partial charge in [0.25, 0.3) is 5.89 Å². The highest BCUT2D eigenvalue weighted by molar-refractivity contribution is 9.09. The molecule has 0 aliphatic heterocycles. The van der Waals surface area contributed by atoms with E-state index in [2.05, 4.69) is 33.1 Å². The standard InChI is InChI=1S/C11H13BrN2O2/c1-4-9(12)11-14-13-10(16-11)8-5-6(2)15-7(8)3/h5,9H,4H2,1-3H3. The molecule has 0 spiro atoms. The van der Waals surface area contributed by atoms with Crippen molar-refractivity contribution in [3.63, 3.8) is 0 Å². The molecule has 0 radical (unpaired) electrons. The Hall–Kier alpha value is -1.10. The fourth-order valence-electron chi connectivity index (χ4n) is 1.49. The molecule has 0 saturated heterocycles. The number of aryl methyl sites for hydroxylation is 2. The van der Waals surface area contributed by atoms with Gasteiger partial charge in [-0.25, -0.2) is 0 Å². The molecular weight excluding hydrogens is 272 g/mol. The maximum atomic E-state index is 5.59. The van der Waals surface area contributed by atoms with Gasteiger partial charge >= 0.3 is 0 Å². The Morgan fingerprint density at radius 2 is 2.06 bits per heavy atom. The molecule has 2 aromatic heterocycles. The first-order chi connectivity index (χ1) is 7.61. The van der Waals surface area contributed by atoms with Crippen LogP contribution in [0.1, 0.15) is 35.6 Å². The Balaban J connectivity index is 2.35. The molecule has 0 saturated carbocycles. The molecule has 1 unspecified atom stereocenters. The first kappa shape index (κ1) is 11.4. The van der Waals surface area contributed by atoms with E-state index >= 15 is 0 Å². The Labute approximate surface area is 102 Å². The van der Waals surface area contributed by atoms with Gasteiger partial charge in [0.15, 0.2) is 0 Å². The third-order valence-electron chi connectivity index (χ3n) is 2.34. The van der Waals surface area contributed by atoms with Gasteiger partial charge in [-0.05, 0) is 26.3 Å². The third-order valence-corrected chi connectivity index (χ3v) is 3.38. The third kappa shape index (κ3) is 2.04. The number of hydrogen-bond donors (Lipinski definition) is 0. The van der Waals surface area contributed by atoms with Crippen LogP contribution in [0.15, 0.2) is 14.9 Å². The highest BCUT2D eigenvalue weighted by atomic mass is 79.9. The Morgan fingerprint density at radius 1 is 1.31 bits per heavy atom. The van der Waals surface area contributed by atoms with Crippen molar-refractivity contribution in [3.8, 4) is 11.5 Å². The van der Waals surface area contributed by atoms with Gasteiger partial charge in [0, 0.05) is 0 Å². The summed E-state index contributed by atoms with van der Waals surface area (Å²) >= 11 is 3.47. The number of nitrogens with zero attached hydrogens (tertiary/aromatic N) is 2. The first-order valence-corrected chi connectivity index (χ1v) is 6.08. The number of aromatic nitrogens is 2.